The molecule has 5 nitrogen and oxygen atoms in total. The van der Waals surface area contributed by atoms with Gasteiger partial charge in [0.2, 0.25) is 0 Å². The fourth-order valence-electron chi connectivity index (χ4n) is 1.23. The molecule has 0 aliphatic heterocycles. The zero-order valence-corrected chi connectivity index (χ0v) is 9.10. The SMILES string of the molecule is COC(=O)c1cccc(N)c1OCCCO. The number of nitrogens with two attached hydrogens (primary N) is 1. The van der Waals surface area contributed by atoms with Gasteiger partial charge in [-0.2, -0.15) is 0 Å². The summed E-state index contributed by atoms with van der Waals surface area (Å²) in [5.41, 5.74) is 6.37. The van der Waals surface area contributed by atoms with E-state index in [2.05, 4.69) is 4.74 Å². The molecule has 0 radical (unpaired) electrons. The lowest BCUT2D eigenvalue weighted by atomic mass is 10.2. The van der Waals surface area contributed by atoms with Gasteiger partial charge in [-0.25, -0.2) is 4.79 Å². The summed E-state index contributed by atoms with van der Waals surface area (Å²) >= 11 is 0. The highest BCUT2D eigenvalue weighted by molar-refractivity contribution is 5.94. The Labute approximate surface area is 93.8 Å². The van der Waals surface area contributed by atoms with Gasteiger partial charge in [-0.1, -0.05) is 6.07 Å². The maximum atomic E-state index is 11.4. The Bertz CT molecular complexity index is 365. The van der Waals surface area contributed by atoms with Crippen molar-refractivity contribution in [3.05, 3.63) is 23.8 Å². The molecule has 0 saturated heterocycles. The van der Waals surface area contributed by atoms with Crippen LogP contribution in [0.1, 0.15) is 16.8 Å². The third kappa shape index (κ3) is 2.87. The number of nitrogen functional groups attached to an aromatic ring is 1. The molecule has 3 N–H and O–H groups in total. The highest BCUT2D eigenvalue weighted by Gasteiger charge is 2.15. The maximum Gasteiger partial charge on any atom is 0.341 e. The van der Waals surface area contributed by atoms with Crippen molar-refractivity contribution in [1.29, 1.82) is 0 Å². The van der Waals surface area contributed by atoms with Crippen LogP contribution >= 0.6 is 0 Å². The Morgan fingerprint density at radius 2 is 2.25 bits per heavy atom. The number of aliphatic hydroxyl groups excluding tert-OH is 1. The molecule has 0 amide bonds. The highest BCUT2D eigenvalue weighted by atomic mass is 16.5. The molecule has 16 heavy (non-hydrogen) atoms. The van der Waals surface area contributed by atoms with Gasteiger partial charge >= 0.3 is 5.97 Å². The first-order chi connectivity index (χ1) is 7.70. The van der Waals surface area contributed by atoms with Crippen LogP contribution in [-0.4, -0.2) is 31.4 Å². The molecule has 1 rings (SSSR count). The number of benzene rings is 1. The average molecular weight is 225 g/mol. The molecule has 0 aliphatic rings. The molecule has 0 heterocycles. The Balaban J connectivity index is 2.90. The standard InChI is InChI=1S/C11H15NO4/c1-15-11(14)8-4-2-5-9(12)10(8)16-7-3-6-13/h2,4-5,13H,3,6-7,12H2,1H3. The molecule has 0 saturated carbocycles. The number of hydrogen-bond acceptors (Lipinski definition) is 5. The van der Waals surface area contributed by atoms with Gasteiger partial charge in [0.25, 0.3) is 0 Å². The van der Waals surface area contributed by atoms with E-state index in [4.69, 9.17) is 15.6 Å². The number of ether oxygens (including phenoxy) is 2. The molecule has 0 aromatic heterocycles. The first-order valence-corrected chi connectivity index (χ1v) is 4.91. The fourth-order valence-corrected chi connectivity index (χ4v) is 1.23. The van der Waals surface area contributed by atoms with E-state index in [1.807, 2.05) is 0 Å². The van der Waals surface area contributed by atoms with Crippen LogP contribution in [-0.2, 0) is 4.74 Å². The first-order valence-electron chi connectivity index (χ1n) is 4.91. The zero-order chi connectivity index (χ0) is 12.0. The summed E-state index contributed by atoms with van der Waals surface area (Å²) in [6.07, 6.45) is 0.481. The predicted molar refractivity (Wildman–Crippen MR) is 59.4 cm³/mol. The van der Waals surface area contributed by atoms with E-state index in [1.54, 1.807) is 18.2 Å². The summed E-state index contributed by atoms with van der Waals surface area (Å²) < 4.78 is 9.96. The quantitative estimate of drug-likeness (QED) is 0.440. The minimum atomic E-state index is -0.494. The molecule has 0 atom stereocenters. The number of rotatable bonds is 5. The van der Waals surface area contributed by atoms with Gasteiger partial charge in [-0.05, 0) is 12.1 Å². The minimum absolute atomic E-state index is 0.0281. The van der Waals surface area contributed by atoms with Crippen molar-refractivity contribution in [3.63, 3.8) is 0 Å². The third-order valence-electron chi connectivity index (χ3n) is 2.00. The van der Waals surface area contributed by atoms with Gasteiger partial charge in [0.15, 0.2) is 5.75 Å². The largest absolute Gasteiger partial charge is 0.490 e. The van der Waals surface area contributed by atoms with Crippen LogP contribution in [0, 0.1) is 0 Å². The van der Waals surface area contributed by atoms with E-state index < -0.39 is 5.97 Å². The molecule has 0 spiro atoms. The molecule has 88 valence electrons. The lowest BCUT2D eigenvalue weighted by Gasteiger charge is -2.11. The number of carbonyl (C=O) groups excluding carboxylic acids is 1. The van der Waals surface area contributed by atoms with Crippen molar-refractivity contribution in [2.75, 3.05) is 26.1 Å². The summed E-state index contributed by atoms with van der Waals surface area (Å²) in [4.78, 5) is 11.4. The van der Waals surface area contributed by atoms with E-state index in [9.17, 15) is 4.79 Å². The Hall–Kier alpha value is -1.75. The van der Waals surface area contributed by atoms with Crippen molar-refractivity contribution in [1.82, 2.24) is 0 Å². The van der Waals surface area contributed by atoms with Crippen molar-refractivity contribution in [3.8, 4) is 5.75 Å². The smallest absolute Gasteiger partial charge is 0.341 e. The Morgan fingerprint density at radius 3 is 2.88 bits per heavy atom. The van der Waals surface area contributed by atoms with E-state index in [0.29, 0.717) is 30.0 Å². The van der Waals surface area contributed by atoms with E-state index in [1.165, 1.54) is 7.11 Å². The van der Waals surface area contributed by atoms with Gasteiger partial charge in [0.05, 0.1) is 19.4 Å². The zero-order valence-electron chi connectivity index (χ0n) is 9.10. The summed E-state index contributed by atoms with van der Waals surface area (Å²) in [5.74, 6) is -0.186. The second-order valence-electron chi connectivity index (χ2n) is 3.14. The van der Waals surface area contributed by atoms with Crippen LogP contribution in [0.3, 0.4) is 0 Å². The normalized spacial score (nSPS) is 9.88. The predicted octanol–water partition coefficient (Wildman–Crippen LogP) is 0.817. The topological polar surface area (TPSA) is 81.8 Å². The number of aliphatic hydroxyl groups is 1. The fraction of sp³-hybridized carbons (Fsp3) is 0.364. The molecular formula is C11H15NO4. The van der Waals surface area contributed by atoms with Crippen LogP contribution in [0.15, 0.2) is 18.2 Å². The average Bonchev–Trinajstić information content (AvgIpc) is 2.30. The van der Waals surface area contributed by atoms with Gasteiger partial charge in [-0.3, -0.25) is 0 Å². The van der Waals surface area contributed by atoms with Crippen LogP contribution < -0.4 is 10.5 Å². The van der Waals surface area contributed by atoms with Crippen LogP contribution in [0.2, 0.25) is 0 Å². The van der Waals surface area contributed by atoms with Crippen LogP contribution in [0.25, 0.3) is 0 Å². The molecule has 0 unspecified atom stereocenters. The molecule has 1 aromatic carbocycles. The monoisotopic (exact) mass is 225 g/mol. The number of esters is 1. The number of anilines is 1. The number of methoxy groups -OCH3 is 1. The molecule has 0 aliphatic carbocycles. The van der Waals surface area contributed by atoms with E-state index in [-0.39, 0.29) is 6.61 Å². The minimum Gasteiger partial charge on any atom is -0.490 e. The first kappa shape index (κ1) is 12.3. The number of hydrogen-bond donors (Lipinski definition) is 2. The van der Waals surface area contributed by atoms with Gasteiger partial charge in [0, 0.05) is 13.0 Å². The van der Waals surface area contributed by atoms with Gasteiger partial charge < -0.3 is 20.3 Å². The van der Waals surface area contributed by atoms with Gasteiger partial charge in [0.1, 0.15) is 5.56 Å². The molecule has 5 heteroatoms. The van der Waals surface area contributed by atoms with Crippen LogP contribution in [0.5, 0.6) is 5.75 Å². The van der Waals surface area contributed by atoms with E-state index in [0.717, 1.165) is 0 Å². The summed E-state index contributed by atoms with van der Waals surface area (Å²) in [5, 5.41) is 8.64. The number of para-hydroxylation sites is 1. The van der Waals surface area contributed by atoms with Crippen LogP contribution in [0.4, 0.5) is 5.69 Å². The van der Waals surface area contributed by atoms with Crippen molar-refractivity contribution in [2.45, 2.75) is 6.42 Å². The maximum absolute atomic E-state index is 11.4. The Morgan fingerprint density at radius 1 is 1.50 bits per heavy atom. The highest BCUT2D eigenvalue weighted by Crippen LogP contribution is 2.26. The second-order valence-corrected chi connectivity index (χ2v) is 3.14. The summed E-state index contributed by atoms with van der Waals surface area (Å²) in [7, 11) is 1.29. The van der Waals surface area contributed by atoms with Crippen molar-refractivity contribution < 1.29 is 19.4 Å². The van der Waals surface area contributed by atoms with E-state index >= 15 is 0 Å². The molecule has 1 aromatic rings. The summed E-state index contributed by atoms with van der Waals surface area (Å²) in [6, 6.07) is 4.87. The number of carbonyl (C=O) groups is 1. The molecule has 0 fully saturated rings. The van der Waals surface area contributed by atoms with Gasteiger partial charge in [-0.15, -0.1) is 0 Å². The summed E-state index contributed by atoms with van der Waals surface area (Å²) in [6.45, 7) is 0.328. The molecular weight excluding hydrogens is 210 g/mol. The Kier molecular flexibility index (Phi) is 4.60. The van der Waals surface area contributed by atoms with Crippen molar-refractivity contribution in [2.24, 2.45) is 0 Å². The van der Waals surface area contributed by atoms with Crippen molar-refractivity contribution >= 4 is 11.7 Å². The molecule has 0 bridgehead atoms. The lowest BCUT2D eigenvalue weighted by Crippen LogP contribution is -2.09. The lowest BCUT2D eigenvalue weighted by molar-refractivity contribution is 0.0596. The second kappa shape index (κ2) is 5.97. The third-order valence-corrected chi connectivity index (χ3v) is 2.00.